The van der Waals surface area contributed by atoms with E-state index in [1.165, 1.54) is 12.1 Å². The van der Waals surface area contributed by atoms with Crippen LogP contribution in [0.25, 0.3) is 11.0 Å². The number of benzene rings is 2. The third-order valence-corrected chi connectivity index (χ3v) is 4.89. The summed E-state index contributed by atoms with van der Waals surface area (Å²) in [6, 6.07) is 9.94. The third-order valence-electron chi connectivity index (χ3n) is 3.03. The minimum atomic E-state index is -3.67. The van der Waals surface area contributed by atoms with E-state index in [-0.39, 0.29) is 4.90 Å². The van der Waals surface area contributed by atoms with Crippen molar-refractivity contribution in [3.05, 3.63) is 46.4 Å². The lowest BCUT2D eigenvalue weighted by Crippen LogP contribution is -2.13. The van der Waals surface area contributed by atoms with Gasteiger partial charge in [0.25, 0.3) is 10.0 Å². The SMILES string of the molecule is Cc1cc(Br)ccc1NS(=O)(=O)c1ccc2n[nH]nc2c1. The van der Waals surface area contributed by atoms with Crippen molar-refractivity contribution in [1.82, 2.24) is 15.4 Å². The third kappa shape index (κ3) is 2.77. The zero-order chi connectivity index (χ0) is 15.0. The number of aryl methyl sites for hydroxylation is 1. The Morgan fingerprint density at radius 2 is 1.86 bits per heavy atom. The van der Waals surface area contributed by atoms with E-state index in [0.29, 0.717) is 16.7 Å². The molecule has 2 aromatic carbocycles. The second kappa shape index (κ2) is 5.12. The summed E-state index contributed by atoms with van der Waals surface area (Å²) in [5.74, 6) is 0. The Morgan fingerprint density at radius 3 is 2.62 bits per heavy atom. The predicted molar refractivity (Wildman–Crippen MR) is 83.6 cm³/mol. The number of sulfonamides is 1. The van der Waals surface area contributed by atoms with Crippen molar-refractivity contribution in [3.8, 4) is 0 Å². The van der Waals surface area contributed by atoms with E-state index in [1.807, 2.05) is 13.0 Å². The number of aromatic nitrogens is 3. The molecule has 0 bridgehead atoms. The van der Waals surface area contributed by atoms with Gasteiger partial charge in [-0.15, -0.1) is 0 Å². The Hall–Kier alpha value is -1.93. The minimum absolute atomic E-state index is 0.145. The average Bonchev–Trinajstić information content (AvgIpc) is 2.89. The highest BCUT2D eigenvalue weighted by atomic mass is 79.9. The van der Waals surface area contributed by atoms with Crippen molar-refractivity contribution in [2.24, 2.45) is 0 Å². The summed E-state index contributed by atoms with van der Waals surface area (Å²) in [6.45, 7) is 1.84. The molecule has 0 aliphatic carbocycles. The van der Waals surface area contributed by atoms with Gasteiger partial charge in [0, 0.05) is 4.47 Å². The molecule has 8 heteroatoms. The summed E-state index contributed by atoms with van der Waals surface area (Å²) in [5, 5.41) is 10.2. The molecule has 6 nitrogen and oxygen atoms in total. The molecule has 0 saturated heterocycles. The van der Waals surface area contributed by atoms with Crippen molar-refractivity contribution in [2.45, 2.75) is 11.8 Å². The number of hydrogen-bond donors (Lipinski definition) is 2. The van der Waals surface area contributed by atoms with Crippen molar-refractivity contribution >= 4 is 42.7 Å². The van der Waals surface area contributed by atoms with E-state index in [0.717, 1.165) is 10.0 Å². The fraction of sp³-hybridized carbons (Fsp3) is 0.0769. The van der Waals surface area contributed by atoms with Crippen LogP contribution in [0.5, 0.6) is 0 Å². The van der Waals surface area contributed by atoms with Crippen LogP contribution in [0.2, 0.25) is 0 Å². The summed E-state index contributed by atoms with van der Waals surface area (Å²) in [5.41, 5.74) is 2.49. The zero-order valence-electron chi connectivity index (χ0n) is 11.0. The van der Waals surface area contributed by atoms with E-state index in [4.69, 9.17) is 0 Å². The van der Waals surface area contributed by atoms with Gasteiger partial charge < -0.3 is 0 Å². The zero-order valence-corrected chi connectivity index (χ0v) is 13.4. The van der Waals surface area contributed by atoms with Crippen molar-refractivity contribution in [2.75, 3.05) is 4.72 Å². The molecule has 0 unspecified atom stereocenters. The predicted octanol–water partition coefficient (Wildman–Crippen LogP) is 2.83. The molecule has 3 aromatic rings. The van der Waals surface area contributed by atoms with Crippen LogP contribution >= 0.6 is 15.9 Å². The molecule has 0 fully saturated rings. The minimum Gasteiger partial charge on any atom is -0.279 e. The van der Waals surface area contributed by atoms with Crippen LogP contribution in [-0.2, 0) is 10.0 Å². The number of anilines is 1. The van der Waals surface area contributed by atoms with Crippen molar-refractivity contribution in [1.29, 1.82) is 0 Å². The first-order valence-electron chi connectivity index (χ1n) is 6.05. The molecule has 108 valence electrons. The summed E-state index contributed by atoms with van der Waals surface area (Å²) < 4.78 is 28.3. The summed E-state index contributed by atoms with van der Waals surface area (Å²) >= 11 is 3.35. The lowest BCUT2D eigenvalue weighted by molar-refractivity contribution is 0.601. The first-order valence-corrected chi connectivity index (χ1v) is 8.33. The first-order chi connectivity index (χ1) is 9.95. The van der Waals surface area contributed by atoms with Gasteiger partial charge in [-0.1, -0.05) is 15.9 Å². The standard InChI is InChI=1S/C13H11BrN4O2S/c1-8-6-9(14)2-4-11(8)17-21(19,20)10-3-5-12-13(7-10)16-18-15-12/h2-7,17H,1H3,(H,15,16,18). The van der Waals surface area contributed by atoms with Gasteiger partial charge in [-0.05, 0) is 48.9 Å². The number of halogens is 1. The van der Waals surface area contributed by atoms with Crippen molar-refractivity contribution < 1.29 is 8.42 Å². The smallest absolute Gasteiger partial charge is 0.261 e. The summed E-state index contributed by atoms with van der Waals surface area (Å²) in [4.78, 5) is 0.145. The van der Waals surface area contributed by atoms with Gasteiger partial charge in [-0.25, -0.2) is 8.42 Å². The van der Waals surface area contributed by atoms with Crippen LogP contribution < -0.4 is 4.72 Å². The average molecular weight is 367 g/mol. The number of hydrogen-bond acceptors (Lipinski definition) is 4. The molecule has 1 heterocycles. The Kier molecular flexibility index (Phi) is 3.42. The number of nitrogens with one attached hydrogen (secondary N) is 2. The maximum Gasteiger partial charge on any atom is 0.261 e. The molecule has 21 heavy (non-hydrogen) atoms. The fourth-order valence-electron chi connectivity index (χ4n) is 1.93. The highest BCUT2D eigenvalue weighted by Gasteiger charge is 2.16. The largest absolute Gasteiger partial charge is 0.279 e. The number of rotatable bonds is 3. The molecule has 3 rings (SSSR count). The van der Waals surface area contributed by atoms with Crippen LogP contribution in [0.3, 0.4) is 0 Å². The van der Waals surface area contributed by atoms with Gasteiger partial charge in [0.1, 0.15) is 11.0 Å². The molecular weight excluding hydrogens is 356 g/mol. The van der Waals surface area contributed by atoms with Crippen LogP contribution in [0, 0.1) is 6.92 Å². The van der Waals surface area contributed by atoms with Crippen LogP contribution in [0.4, 0.5) is 5.69 Å². The lowest BCUT2D eigenvalue weighted by atomic mass is 10.2. The van der Waals surface area contributed by atoms with Crippen molar-refractivity contribution in [3.63, 3.8) is 0 Å². The molecular formula is C13H11BrN4O2S. The van der Waals surface area contributed by atoms with E-state index in [1.54, 1.807) is 18.2 Å². The van der Waals surface area contributed by atoms with E-state index >= 15 is 0 Å². The normalized spacial score (nSPS) is 11.7. The summed E-state index contributed by atoms with van der Waals surface area (Å²) in [6.07, 6.45) is 0. The molecule has 0 aliphatic rings. The number of aromatic amines is 1. The van der Waals surface area contributed by atoms with Gasteiger partial charge in [0.05, 0.1) is 10.6 Å². The number of nitrogens with zero attached hydrogens (tertiary/aromatic N) is 2. The second-order valence-electron chi connectivity index (χ2n) is 4.54. The molecule has 2 N–H and O–H groups in total. The van der Waals surface area contributed by atoms with E-state index < -0.39 is 10.0 Å². The van der Waals surface area contributed by atoms with E-state index in [2.05, 4.69) is 36.1 Å². The van der Waals surface area contributed by atoms with Gasteiger partial charge in [0.2, 0.25) is 0 Å². The Balaban J connectivity index is 1.99. The first kappa shape index (κ1) is 14.0. The Bertz CT molecular complexity index is 921. The number of fused-ring (bicyclic) bond motifs is 1. The van der Waals surface area contributed by atoms with Crippen LogP contribution in [0.1, 0.15) is 5.56 Å². The monoisotopic (exact) mass is 366 g/mol. The lowest BCUT2D eigenvalue weighted by Gasteiger charge is -2.10. The van der Waals surface area contributed by atoms with E-state index in [9.17, 15) is 8.42 Å². The maximum atomic E-state index is 12.4. The number of H-pyrrole nitrogens is 1. The molecule has 0 saturated carbocycles. The second-order valence-corrected chi connectivity index (χ2v) is 7.14. The highest BCUT2D eigenvalue weighted by Crippen LogP contribution is 2.24. The highest BCUT2D eigenvalue weighted by molar-refractivity contribution is 9.10. The van der Waals surface area contributed by atoms with Crippen LogP contribution in [0.15, 0.2) is 45.8 Å². The Labute approximate surface area is 129 Å². The molecule has 0 amide bonds. The van der Waals surface area contributed by atoms with Gasteiger partial charge >= 0.3 is 0 Å². The Morgan fingerprint density at radius 1 is 1.10 bits per heavy atom. The van der Waals surface area contributed by atoms with Crippen LogP contribution in [-0.4, -0.2) is 23.8 Å². The summed E-state index contributed by atoms with van der Waals surface area (Å²) in [7, 11) is -3.67. The molecule has 0 radical (unpaired) electrons. The topological polar surface area (TPSA) is 87.7 Å². The van der Waals surface area contributed by atoms with Gasteiger partial charge in [-0.3, -0.25) is 4.72 Å². The van der Waals surface area contributed by atoms with Gasteiger partial charge in [-0.2, -0.15) is 15.4 Å². The molecule has 0 aliphatic heterocycles. The fourth-order valence-corrected chi connectivity index (χ4v) is 3.56. The molecule has 1 aromatic heterocycles. The maximum absolute atomic E-state index is 12.4. The molecule has 0 spiro atoms. The quantitative estimate of drug-likeness (QED) is 0.745. The van der Waals surface area contributed by atoms with Gasteiger partial charge in [0.15, 0.2) is 0 Å². The molecule has 0 atom stereocenters.